The normalized spacial score (nSPS) is 11.7. The van der Waals surface area contributed by atoms with Crippen LogP contribution >= 0.6 is 0 Å². The maximum absolute atomic E-state index is 6.79. The lowest BCUT2D eigenvalue weighted by Gasteiger charge is -2.15. The molecule has 8 aromatic heterocycles. The van der Waals surface area contributed by atoms with Crippen LogP contribution in [0.3, 0.4) is 0 Å². The Balaban J connectivity index is 0.666. The highest BCUT2D eigenvalue weighted by atomic mass is 14.9. The molecule has 95 heavy (non-hydrogen) atoms. The van der Waals surface area contributed by atoms with Crippen molar-refractivity contribution >= 4 is 110 Å². The average Bonchev–Trinajstić information content (AvgIpc) is 0.820. The lowest BCUT2D eigenvalue weighted by Crippen LogP contribution is -1.97. The van der Waals surface area contributed by atoms with Gasteiger partial charge in [0.2, 0.25) is 0 Å². The number of anilines is 4. The Morgan fingerprint density at radius 1 is 0.200 bits per heavy atom. The Morgan fingerprint density at radius 3 is 0.905 bits per heavy atom. The van der Waals surface area contributed by atoms with Crippen LogP contribution in [0.25, 0.3) is 177 Å². The second kappa shape index (κ2) is 22.4. The maximum Gasteiger partial charge on any atom is 0.0993 e. The number of rotatable bonds is 10. The fraction of sp³-hybridized carbons (Fsp3) is 0. The molecule has 0 saturated heterocycles. The summed E-state index contributed by atoms with van der Waals surface area (Å²) in [6.07, 6.45) is 0. The Bertz CT molecular complexity index is 6140. The Hall–Kier alpha value is -13.1. The number of nitrogens with one attached hydrogen (secondary N) is 1. The van der Waals surface area contributed by atoms with Gasteiger partial charge in [0.1, 0.15) is 0 Å². The maximum atomic E-state index is 6.79. The van der Waals surface area contributed by atoms with Gasteiger partial charge in [0.15, 0.2) is 0 Å². The fourth-order valence-corrected chi connectivity index (χ4v) is 13.1. The first-order chi connectivity index (χ1) is 46.8. The van der Waals surface area contributed by atoms with E-state index in [1.165, 1.54) is 0 Å². The molecule has 0 atom stereocenters. The molecule has 0 radical (unpaired) electrons. The Kier molecular flexibility index (Phi) is 12.9. The van der Waals surface area contributed by atoms with Gasteiger partial charge in [-0.15, -0.1) is 0 Å². The summed E-state index contributed by atoms with van der Waals surface area (Å²) in [6.45, 7) is 0. The van der Waals surface area contributed by atoms with Crippen LogP contribution in [-0.4, -0.2) is 39.9 Å². The molecule has 0 saturated carbocycles. The van der Waals surface area contributed by atoms with E-state index in [9.17, 15) is 0 Å². The van der Waals surface area contributed by atoms with Gasteiger partial charge in [0.25, 0.3) is 0 Å². The molecule has 0 aliphatic carbocycles. The number of pyridine rings is 8. The molecule has 0 spiro atoms. The standard InChI is InChI=1S/C84H53N11/c85-64-31-20-51(21-32-64)71-42-30-61-48-76(67-35-43-75(95-84(67)83(61)91-71)63-45-62(46-65(86)47-63)74-41-29-58-19-16-54-25-37-69(50-10-5-2-6-11-50)89-79(54)82(58)94-74)87-66-33-22-52(23-34-66)70-38-26-55-15-18-57-28-40-73(93-81(57)78(55)90-70)60-13-7-12-59(44-60)72-39-27-56-17-14-53-24-36-68(49-8-3-1-4-9-49)88-77(53)80(56)92-72/h1-48,87H,85-86H2. The first kappa shape index (κ1) is 54.8. The Morgan fingerprint density at radius 2 is 0.495 bits per heavy atom. The van der Waals surface area contributed by atoms with E-state index in [-0.39, 0.29) is 0 Å². The number of nitrogens with zero attached hydrogens (tertiary/aromatic N) is 8. The number of nitrogen functional groups attached to an aromatic ring is 2. The summed E-state index contributed by atoms with van der Waals surface area (Å²) in [5, 5.41) is 11.7. The summed E-state index contributed by atoms with van der Waals surface area (Å²) in [5.41, 5.74) is 37.0. The van der Waals surface area contributed by atoms with E-state index >= 15 is 0 Å². The van der Waals surface area contributed by atoms with Crippen molar-refractivity contribution in [2.24, 2.45) is 0 Å². The highest BCUT2D eigenvalue weighted by Gasteiger charge is 2.18. The SMILES string of the molecule is Nc1ccc(-c2ccc3cc(Nc4ccc(-c5ccc6ccc7ccc(-c8cccc(-c9ccc%10ccc%11ccc(-c%12ccccc%12)nc%11c%10n9)c8)nc7c6n5)cc4)c4ccc(-c5cc(N)cc(-c6ccc7ccc8ccc(-c9ccccc9)nc8c7n6)c5)nc4c3n2)cc1. The molecule has 0 fully saturated rings. The average molecular weight is 1220 g/mol. The van der Waals surface area contributed by atoms with Crippen LogP contribution in [0.4, 0.5) is 22.7 Å². The van der Waals surface area contributed by atoms with Crippen LogP contribution in [0.1, 0.15) is 0 Å². The van der Waals surface area contributed by atoms with E-state index in [1.807, 2.05) is 84.9 Å². The predicted octanol–water partition coefficient (Wildman–Crippen LogP) is 20.3. The zero-order valence-electron chi connectivity index (χ0n) is 50.9. The van der Waals surface area contributed by atoms with E-state index in [4.69, 9.17) is 51.3 Å². The van der Waals surface area contributed by atoms with E-state index in [1.54, 1.807) is 0 Å². The van der Waals surface area contributed by atoms with Crippen LogP contribution < -0.4 is 16.8 Å². The van der Waals surface area contributed by atoms with Crippen molar-refractivity contribution < 1.29 is 0 Å². The van der Waals surface area contributed by atoms with E-state index < -0.39 is 0 Å². The van der Waals surface area contributed by atoms with E-state index in [0.29, 0.717) is 11.4 Å². The molecule has 0 aliphatic rings. The minimum atomic E-state index is 0.591. The van der Waals surface area contributed by atoms with E-state index in [0.717, 1.165) is 189 Å². The summed E-state index contributed by atoms with van der Waals surface area (Å²) >= 11 is 0. The van der Waals surface area contributed by atoms with Crippen molar-refractivity contribution in [1.82, 2.24) is 39.9 Å². The van der Waals surface area contributed by atoms with Gasteiger partial charge in [-0.05, 0) is 109 Å². The van der Waals surface area contributed by atoms with Crippen molar-refractivity contribution in [2.75, 3.05) is 16.8 Å². The highest BCUT2D eigenvalue weighted by Crippen LogP contribution is 2.39. The number of fused-ring (bicyclic) bond motifs is 12. The van der Waals surface area contributed by atoms with Crippen molar-refractivity contribution in [3.8, 4) is 90.1 Å². The van der Waals surface area contributed by atoms with Gasteiger partial charge in [-0.1, -0.05) is 182 Å². The first-order valence-electron chi connectivity index (χ1n) is 31.5. The van der Waals surface area contributed by atoms with Crippen molar-refractivity contribution in [2.45, 2.75) is 0 Å². The summed E-state index contributed by atoms with van der Waals surface area (Å²) in [4.78, 5) is 42.3. The van der Waals surface area contributed by atoms with Crippen LogP contribution in [0.15, 0.2) is 291 Å². The summed E-state index contributed by atoms with van der Waals surface area (Å²) in [7, 11) is 0. The van der Waals surface area contributed by atoms with Gasteiger partial charge in [0, 0.05) is 110 Å². The van der Waals surface area contributed by atoms with Gasteiger partial charge in [-0.25, -0.2) is 39.9 Å². The quantitative estimate of drug-likeness (QED) is 0.0881. The van der Waals surface area contributed by atoms with Crippen molar-refractivity contribution in [3.05, 3.63) is 291 Å². The largest absolute Gasteiger partial charge is 0.399 e. The number of benzene rings is 10. The van der Waals surface area contributed by atoms with E-state index in [2.05, 4.69) is 212 Å². The zero-order chi connectivity index (χ0) is 63.1. The highest BCUT2D eigenvalue weighted by molar-refractivity contribution is 6.12. The summed E-state index contributed by atoms with van der Waals surface area (Å²) in [5.74, 6) is 0. The van der Waals surface area contributed by atoms with Crippen molar-refractivity contribution in [3.63, 3.8) is 0 Å². The molecular formula is C84H53N11. The third-order valence-electron chi connectivity index (χ3n) is 18.0. The number of hydrogen-bond donors (Lipinski definition) is 3. The lowest BCUT2D eigenvalue weighted by atomic mass is 10.0. The second-order valence-electron chi connectivity index (χ2n) is 24.1. The third kappa shape index (κ3) is 10.0. The molecule has 18 rings (SSSR count). The van der Waals surface area contributed by atoms with Gasteiger partial charge in [-0.3, -0.25) is 0 Å². The second-order valence-corrected chi connectivity index (χ2v) is 24.1. The minimum Gasteiger partial charge on any atom is -0.399 e. The topological polar surface area (TPSA) is 167 Å². The molecule has 8 heterocycles. The molecular weight excluding hydrogens is 1160 g/mol. The van der Waals surface area contributed by atoms with Crippen LogP contribution in [0.5, 0.6) is 0 Å². The van der Waals surface area contributed by atoms with Crippen LogP contribution in [0.2, 0.25) is 0 Å². The number of nitrogens with two attached hydrogens (primary N) is 2. The van der Waals surface area contributed by atoms with Crippen molar-refractivity contribution in [1.29, 1.82) is 0 Å². The summed E-state index contributed by atoms with van der Waals surface area (Å²) in [6, 6.07) is 99.5. The molecule has 11 heteroatoms. The molecule has 18 aromatic rings. The predicted molar refractivity (Wildman–Crippen MR) is 391 cm³/mol. The van der Waals surface area contributed by atoms with Gasteiger partial charge in [-0.2, -0.15) is 0 Å². The molecule has 0 aliphatic heterocycles. The van der Waals surface area contributed by atoms with Gasteiger partial charge in [0.05, 0.1) is 89.7 Å². The molecule has 0 bridgehead atoms. The fourth-order valence-electron chi connectivity index (χ4n) is 13.1. The Labute approximate surface area is 544 Å². The number of aromatic nitrogens is 8. The first-order valence-corrected chi connectivity index (χ1v) is 31.5. The minimum absolute atomic E-state index is 0.591. The number of hydrogen-bond acceptors (Lipinski definition) is 11. The van der Waals surface area contributed by atoms with Crippen LogP contribution in [-0.2, 0) is 0 Å². The molecule has 0 amide bonds. The van der Waals surface area contributed by atoms with Gasteiger partial charge < -0.3 is 16.8 Å². The molecule has 5 N–H and O–H groups in total. The van der Waals surface area contributed by atoms with Gasteiger partial charge >= 0.3 is 0 Å². The molecule has 0 unspecified atom stereocenters. The third-order valence-corrected chi connectivity index (χ3v) is 18.0. The summed E-state index contributed by atoms with van der Waals surface area (Å²) < 4.78 is 0. The smallest absolute Gasteiger partial charge is 0.0993 e. The molecule has 444 valence electrons. The monoisotopic (exact) mass is 1220 g/mol. The molecule has 11 nitrogen and oxygen atoms in total. The molecule has 10 aromatic carbocycles. The zero-order valence-corrected chi connectivity index (χ0v) is 50.9. The van der Waals surface area contributed by atoms with Crippen LogP contribution in [0, 0.1) is 0 Å². The lowest BCUT2D eigenvalue weighted by molar-refractivity contribution is 1.35.